The molecule has 0 aliphatic rings. The fourth-order valence-electron chi connectivity index (χ4n) is 2.27. The van der Waals surface area contributed by atoms with Crippen molar-refractivity contribution < 1.29 is 23.9 Å². The zero-order valence-corrected chi connectivity index (χ0v) is 13.2. The Morgan fingerprint density at radius 2 is 1.55 bits per heavy atom. The van der Waals surface area contributed by atoms with Gasteiger partial charge >= 0.3 is 11.9 Å². The van der Waals surface area contributed by atoms with E-state index in [9.17, 15) is 14.4 Å². The minimum Gasteiger partial charge on any atom is -0.465 e. The molecule has 0 fully saturated rings. The first-order valence-electron chi connectivity index (χ1n) is 7.38. The first-order valence-corrected chi connectivity index (χ1v) is 7.38. The second-order valence-corrected chi connectivity index (χ2v) is 4.90. The van der Waals surface area contributed by atoms with Crippen molar-refractivity contribution in [2.24, 2.45) is 5.92 Å². The topological polar surface area (TPSA) is 69.7 Å². The van der Waals surface area contributed by atoms with Gasteiger partial charge in [0.1, 0.15) is 6.29 Å². The number of rotatable bonds is 8. The molecule has 0 spiro atoms. The maximum absolute atomic E-state index is 12.2. The van der Waals surface area contributed by atoms with Gasteiger partial charge in [-0.25, -0.2) is 0 Å². The molecule has 1 aromatic rings. The van der Waals surface area contributed by atoms with Crippen LogP contribution in [0.1, 0.15) is 37.3 Å². The first-order chi connectivity index (χ1) is 10.5. The summed E-state index contributed by atoms with van der Waals surface area (Å²) in [4.78, 5) is 35.4. The molecule has 0 aliphatic carbocycles. The highest BCUT2D eigenvalue weighted by Crippen LogP contribution is 2.30. The highest BCUT2D eigenvalue weighted by atomic mass is 16.6. The van der Waals surface area contributed by atoms with Gasteiger partial charge in [-0.15, -0.1) is 0 Å². The number of hydrogen-bond acceptors (Lipinski definition) is 5. The van der Waals surface area contributed by atoms with E-state index in [0.29, 0.717) is 6.29 Å². The summed E-state index contributed by atoms with van der Waals surface area (Å²) in [5.74, 6) is -3.04. The Balaban J connectivity index is 3.18. The lowest BCUT2D eigenvalue weighted by Crippen LogP contribution is -2.33. The lowest BCUT2D eigenvalue weighted by Gasteiger charge is -2.23. The van der Waals surface area contributed by atoms with E-state index in [1.54, 1.807) is 13.8 Å². The van der Waals surface area contributed by atoms with Crippen molar-refractivity contribution in [2.45, 2.75) is 33.1 Å². The van der Waals surface area contributed by atoms with Crippen LogP contribution in [0.3, 0.4) is 0 Å². The Hall–Kier alpha value is -2.17. The summed E-state index contributed by atoms with van der Waals surface area (Å²) in [6, 6.07) is 7.38. The molecule has 22 heavy (non-hydrogen) atoms. The van der Waals surface area contributed by atoms with Crippen molar-refractivity contribution in [1.82, 2.24) is 0 Å². The molecular weight excluding hydrogens is 284 g/mol. The SMILES string of the molecule is CCOC(=O)C(C(=O)OCC)[C@@H](CC=O)c1ccc(C)cc1. The van der Waals surface area contributed by atoms with Gasteiger partial charge in [-0.3, -0.25) is 9.59 Å². The molecule has 0 heterocycles. The molecule has 0 saturated heterocycles. The van der Waals surface area contributed by atoms with Crippen molar-refractivity contribution in [3.8, 4) is 0 Å². The smallest absolute Gasteiger partial charge is 0.320 e. The number of aryl methyl sites for hydroxylation is 1. The van der Waals surface area contributed by atoms with E-state index in [2.05, 4.69) is 0 Å². The van der Waals surface area contributed by atoms with Crippen LogP contribution in [0.4, 0.5) is 0 Å². The van der Waals surface area contributed by atoms with Gasteiger partial charge in [0.05, 0.1) is 13.2 Å². The summed E-state index contributed by atoms with van der Waals surface area (Å²) in [5, 5.41) is 0. The average molecular weight is 306 g/mol. The van der Waals surface area contributed by atoms with Crippen molar-refractivity contribution in [3.05, 3.63) is 35.4 Å². The van der Waals surface area contributed by atoms with E-state index < -0.39 is 23.8 Å². The van der Waals surface area contributed by atoms with Crippen molar-refractivity contribution in [1.29, 1.82) is 0 Å². The molecule has 0 radical (unpaired) electrons. The molecule has 1 atom stereocenters. The van der Waals surface area contributed by atoms with Crippen molar-refractivity contribution in [2.75, 3.05) is 13.2 Å². The Labute approximate surface area is 130 Å². The molecule has 0 saturated carbocycles. The molecular formula is C17H22O5. The average Bonchev–Trinajstić information content (AvgIpc) is 2.48. The minimum absolute atomic E-state index is 0.0470. The number of ether oxygens (including phenoxy) is 2. The highest BCUT2D eigenvalue weighted by molar-refractivity contribution is 5.96. The van der Waals surface area contributed by atoms with Crippen LogP contribution in [0.25, 0.3) is 0 Å². The van der Waals surface area contributed by atoms with Crippen molar-refractivity contribution >= 4 is 18.2 Å². The third-order valence-corrected chi connectivity index (χ3v) is 3.34. The Bertz CT molecular complexity index is 488. The van der Waals surface area contributed by atoms with Crippen LogP contribution in [0.15, 0.2) is 24.3 Å². The molecule has 0 aliphatic heterocycles. The molecule has 0 aromatic heterocycles. The number of aldehydes is 1. The molecule has 0 unspecified atom stereocenters. The van der Waals surface area contributed by atoms with Crippen LogP contribution in [-0.4, -0.2) is 31.4 Å². The summed E-state index contributed by atoms with van der Waals surface area (Å²) < 4.78 is 9.98. The van der Waals surface area contributed by atoms with Crippen molar-refractivity contribution in [3.63, 3.8) is 0 Å². The Morgan fingerprint density at radius 3 is 1.95 bits per heavy atom. The van der Waals surface area contributed by atoms with Gasteiger partial charge in [-0.1, -0.05) is 29.8 Å². The number of hydrogen-bond donors (Lipinski definition) is 0. The third-order valence-electron chi connectivity index (χ3n) is 3.34. The molecule has 120 valence electrons. The fourth-order valence-corrected chi connectivity index (χ4v) is 2.27. The molecule has 5 nitrogen and oxygen atoms in total. The standard InChI is InChI=1S/C17H22O5/c1-4-21-16(19)15(17(20)22-5-2)14(10-11-18)13-8-6-12(3)7-9-13/h6-9,11,14-15H,4-5,10H2,1-3H3/t14-/m0/s1. The van der Waals surface area contributed by atoms with Crippen LogP contribution in [0, 0.1) is 12.8 Å². The molecule has 0 N–H and O–H groups in total. The van der Waals surface area contributed by atoms with Crippen LogP contribution < -0.4 is 0 Å². The van der Waals surface area contributed by atoms with Gasteiger partial charge < -0.3 is 14.3 Å². The lowest BCUT2D eigenvalue weighted by molar-refractivity contribution is -0.162. The number of carbonyl (C=O) groups excluding carboxylic acids is 3. The Kier molecular flexibility index (Phi) is 7.29. The normalized spacial score (nSPS) is 11.8. The summed E-state index contributed by atoms with van der Waals surface area (Å²) in [6.45, 7) is 5.60. The van der Waals surface area contributed by atoms with Crippen LogP contribution in [0.2, 0.25) is 0 Å². The van der Waals surface area contributed by atoms with E-state index in [0.717, 1.165) is 11.1 Å². The maximum atomic E-state index is 12.2. The number of benzene rings is 1. The monoisotopic (exact) mass is 306 g/mol. The first kappa shape index (κ1) is 17.9. The molecule has 0 bridgehead atoms. The second kappa shape index (κ2) is 8.97. The summed E-state index contributed by atoms with van der Waals surface area (Å²) >= 11 is 0. The van der Waals surface area contributed by atoms with Gasteiger partial charge in [-0.05, 0) is 26.3 Å². The highest BCUT2D eigenvalue weighted by Gasteiger charge is 2.38. The van der Waals surface area contributed by atoms with Gasteiger partial charge in [0, 0.05) is 12.3 Å². The number of esters is 2. The molecule has 1 aromatic carbocycles. The van der Waals surface area contributed by atoms with E-state index in [-0.39, 0.29) is 19.6 Å². The number of carbonyl (C=O) groups is 3. The molecule has 5 heteroatoms. The quantitative estimate of drug-likeness (QED) is 0.419. The van der Waals surface area contributed by atoms with Crippen LogP contribution >= 0.6 is 0 Å². The summed E-state index contributed by atoms with van der Waals surface area (Å²) in [5.41, 5.74) is 1.79. The minimum atomic E-state index is -1.13. The Morgan fingerprint density at radius 1 is 1.05 bits per heavy atom. The van der Waals surface area contributed by atoms with Gasteiger partial charge in [0.2, 0.25) is 0 Å². The van der Waals surface area contributed by atoms with E-state index in [4.69, 9.17) is 9.47 Å². The zero-order valence-electron chi connectivity index (χ0n) is 13.2. The van der Waals surface area contributed by atoms with Gasteiger partial charge in [0.15, 0.2) is 5.92 Å². The largest absolute Gasteiger partial charge is 0.465 e. The van der Waals surface area contributed by atoms with E-state index >= 15 is 0 Å². The van der Waals surface area contributed by atoms with E-state index in [1.807, 2.05) is 31.2 Å². The summed E-state index contributed by atoms with van der Waals surface area (Å²) in [7, 11) is 0. The molecule has 0 amide bonds. The van der Waals surface area contributed by atoms with Crippen LogP contribution in [0.5, 0.6) is 0 Å². The third kappa shape index (κ3) is 4.69. The lowest BCUT2D eigenvalue weighted by atomic mass is 9.83. The van der Waals surface area contributed by atoms with Crippen LogP contribution in [-0.2, 0) is 23.9 Å². The van der Waals surface area contributed by atoms with Gasteiger partial charge in [0.25, 0.3) is 0 Å². The van der Waals surface area contributed by atoms with Gasteiger partial charge in [-0.2, -0.15) is 0 Å². The predicted octanol–water partition coefficient (Wildman–Crippen LogP) is 2.41. The second-order valence-electron chi connectivity index (χ2n) is 4.90. The zero-order chi connectivity index (χ0) is 16.5. The van der Waals surface area contributed by atoms with E-state index in [1.165, 1.54) is 0 Å². The maximum Gasteiger partial charge on any atom is 0.320 e. The fraction of sp³-hybridized carbons (Fsp3) is 0.471. The molecule has 1 rings (SSSR count). The summed E-state index contributed by atoms with van der Waals surface area (Å²) in [6.07, 6.45) is 0.751. The predicted molar refractivity (Wildman–Crippen MR) is 81.4 cm³/mol.